The molecule has 1 aliphatic carbocycles. The van der Waals surface area contributed by atoms with E-state index in [-0.39, 0.29) is 0 Å². The number of carbonyl (C=O) groups is 1. The lowest BCUT2D eigenvalue weighted by Crippen LogP contribution is -1.83. The van der Waals surface area contributed by atoms with Gasteiger partial charge in [-0.05, 0) is 23.8 Å². The molecule has 0 saturated heterocycles. The number of hydrogen-bond donors (Lipinski definition) is 0. The lowest BCUT2D eigenvalue weighted by molar-refractivity contribution is -0.108. The Morgan fingerprint density at radius 1 is 1.33 bits per heavy atom. The second-order valence-corrected chi connectivity index (χ2v) is 3.42. The zero-order chi connectivity index (χ0) is 8.39. The van der Waals surface area contributed by atoms with Crippen LogP contribution in [-0.2, 0) is 4.79 Å². The van der Waals surface area contributed by atoms with Gasteiger partial charge in [-0.2, -0.15) is 0 Å². The molecule has 62 valence electrons. The summed E-state index contributed by atoms with van der Waals surface area (Å²) in [6, 6.07) is 10.4. The van der Waals surface area contributed by atoms with Gasteiger partial charge in [0, 0.05) is 6.42 Å². The minimum atomic E-state index is 0.630. The van der Waals surface area contributed by atoms with Gasteiger partial charge in [0.05, 0.1) is 0 Å². The maximum absolute atomic E-state index is 10.2. The van der Waals surface area contributed by atoms with E-state index < -0.39 is 0 Å². The second-order valence-electron chi connectivity index (χ2n) is 3.42. The number of carbonyl (C=O) groups excluding carboxylic acids is 1. The molecule has 1 fully saturated rings. The van der Waals surface area contributed by atoms with Crippen molar-refractivity contribution in [2.75, 3.05) is 0 Å². The van der Waals surface area contributed by atoms with Gasteiger partial charge in [0.15, 0.2) is 0 Å². The molecule has 1 heteroatoms. The van der Waals surface area contributed by atoms with Crippen molar-refractivity contribution in [2.24, 2.45) is 5.92 Å². The average Bonchev–Trinajstić information content (AvgIpc) is 2.87. The zero-order valence-electron chi connectivity index (χ0n) is 6.94. The van der Waals surface area contributed by atoms with Crippen molar-refractivity contribution in [1.82, 2.24) is 0 Å². The third-order valence-corrected chi connectivity index (χ3v) is 2.55. The van der Waals surface area contributed by atoms with Crippen LogP contribution in [0.2, 0.25) is 0 Å². The van der Waals surface area contributed by atoms with E-state index in [1.54, 1.807) is 0 Å². The fraction of sp³-hybridized carbons (Fsp3) is 0.364. The van der Waals surface area contributed by atoms with Crippen molar-refractivity contribution in [1.29, 1.82) is 0 Å². The summed E-state index contributed by atoms with van der Waals surface area (Å²) in [7, 11) is 0. The Labute approximate surface area is 72.4 Å². The molecule has 1 aromatic carbocycles. The number of hydrogen-bond acceptors (Lipinski definition) is 1. The molecule has 2 rings (SSSR count). The molecule has 1 nitrogen and oxygen atoms in total. The molecule has 2 atom stereocenters. The first-order valence-corrected chi connectivity index (χ1v) is 4.40. The van der Waals surface area contributed by atoms with Gasteiger partial charge in [-0.3, -0.25) is 0 Å². The SMILES string of the molecule is O=CCC1CC1c1ccccc1. The fourth-order valence-electron chi connectivity index (χ4n) is 1.74. The van der Waals surface area contributed by atoms with E-state index in [0.717, 1.165) is 12.7 Å². The maximum atomic E-state index is 10.2. The van der Waals surface area contributed by atoms with Crippen molar-refractivity contribution < 1.29 is 4.79 Å². The predicted octanol–water partition coefficient (Wildman–Crippen LogP) is 2.38. The van der Waals surface area contributed by atoms with Crippen LogP contribution in [0.1, 0.15) is 24.3 Å². The summed E-state index contributed by atoms with van der Waals surface area (Å²) < 4.78 is 0. The van der Waals surface area contributed by atoms with Crippen LogP contribution in [0.15, 0.2) is 30.3 Å². The van der Waals surface area contributed by atoms with E-state index in [9.17, 15) is 4.79 Å². The van der Waals surface area contributed by atoms with E-state index in [2.05, 4.69) is 24.3 Å². The Hall–Kier alpha value is -1.11. The molecule has 1 aromatic rings. The van der Waals surface area contributed by atoms with Crippen LogP contribution in [0.25, 0.3) is 0 Å². The van der Waals surface area contributed by atoms with Gasteiger partial charge in [-0.15, -0.1) is 0 Å². The molecule has 0 aliphatic heterocycles. The minimum Gasteiger partial charge on any atom is -0.303 e. The molecule has 0 N–H and O–H groups in total. The summed E-state index contributed by atoms with van der Waals surface area (Å²) in [6.07, 6.45) is 2.97. The highest BCUT2D eigenvalue weighted by molar-refractivity contribution is 5.51. The van der Waals surface area contributed by atoms with Gasteiger partial charge in [0.2, 0.25) is 0 Å². The topological polar surface area (TPSA) is 17.1 Å². The molecular weight excluding hydrogens is 148 g/mol. The Morgan fingerprint density at radius 2 is 2.08 bits per heavy atom. The van der Waals surface area contributed by atoms with Crippen LogP contribution >= 0.6 is 0 Å². The van der Waals surface area contributed by atoms with Crippen molar-refractivity contribution in [3.8, 4) is 0 Å². The number of benzene rings is 1. The molecule has 1 aliphatic rings. The molecule has 0 spiro atoms. The first-order chi connectivity index (χ1) is 5.92. The van der Waals surface area contributed by atoms with Crippen molar-refractivity contribution in [2.45, 2.75) is 18.8 Å². The van der Waals surface area contributed by atoms with E-state index in [0.29, 0.717) is 11.8 Å². The third-order valence-electron chi connectivity index (χ3n) is 2.55. The first-order valence-electron chi connectivity index (χ1n) is 4.40. The Morgan fingerprint density at radius 3 is 2.75 bits per heavy atom. The first kappa shape index (κ1) is 7.53. The summed E-state index contributed by atoms with van der Waals surface area (Å²) in [6.45, 7) is 0. The molecular formula is C11H12O. The monoisotopic (exact) mass is 160 g/mol. The van der Waals surface area contributed by atoms with Gasteiger partial charge >= 0.3 is 0 Å². The van der Waals surface area contributed by atoms with Gasteiger partial charge in [0.1, 0.15) is 6.29 Å². The van der Waals surface area contributed by atoms with Crippen LogP contribution in [-0.4, -0.2) is 6.29 Å². The largest absolute Gasteiger partial charge is 0.303 e. The predicted molar refractivity (Wildman–Crippen MR) is 48.0 cm³/mol. The van der Waals surface area contributed by atoms with Gasteiger partial charge in [0.25, 0.3) is 0 Å². The van der Waals surface area contributed by atoms with Crippen LogP contribution < -0.4 is 0 Å². The lowest BCUT2D eigenvalue weighted by Gasteiger charge is -1.96. The van der Waals surface area contributed by atoms with E-state index in [1.807, 2.05) is 6.07 Å². The summed E-state index contributed by atoms with van der Waals surface area (Å²) in [5, 5.41) is 0. The minimum absolute atomic E-state index is 0.630. The van der Waals surface area contributed by atoms with Gasteiger partial charge < -0.3 is 4.79 Å². The molecule has 0 heterocycles. The summed E-state index contributed by atoms with van der Waals surface area (Å²) in [5.41, 5.74) is 1.39. The highest BCUT2D eigenvalue weighted by Gasteiger charge is 2.37. The van der Waals surface area contributed by atoms with Crippen molar-refractivity contribution in [3.05, 3.63) is 35.9 Å². The van der Waals surface area contributed by atoms with Gasteiger partial charge in [-0.1, -0.05) is 30.3 Å². The van der Waals surface area contributed by atoms with E-state index >= 15 is 0 Å². The number of rotatable bonds is 3. The number of aldehydes is 1. The summed E-state index contributed by atoms with van der Waals surface area (Å²) in [4.78, 5) is 10.2. The molecule has 0 bridgehead atoms. The standard InChI is InChI=1S/C11H12O/c12-7-6-10-8-11(10)9-4-2-1-3-5-9/h1-5,7,10-11H,6,8H2. The Balaban J connectivity index is 2.01. The van der Waals surface area contributed by atoms with Crippen LogP contribution in [0.4, 0.5) is 0 Å². The normalized spacial score (nSPS) is 26.7. The molecule has 0 amide bonds. The summed E-state index contributed by atoms with van der Waals surface area (Å²) in [5.74, 6) is 1.29. The molecule has 2 unspecified atom stereocenters. The van der Waals surface area contributed by atoms with Crippen LogP contribution in [0, 0.1) is 5.92 Å². The zero-order valence-corrected chi connectivity index (χ0v) is 6.94. The molecule has 12 heavy (non-hydrogen) atoms. The third kappa shape index (κ3) is 1.40. The molecule has 1 saturated carbocycles. The highest BCUT2D eigenvalue weighted by Crippen LogP contribution is 2.48. The van der Waals surface area contributed by atoms with Crippen LogP contribution in [0.3, 0.4) is 0 Å². The van der Waals surface area contributed by atoms with Crippen molar-refractivity contribution in [3.63, 3.8) is 0 Å². The fourth-order valence-corrected chi connectivity index (χ4v) is 1.74. The smallest absolute Gasteiger partial charge is 0.120 e. The second kappa shape index (κ2) is 3.10. The van der Waals surface area contributed by atoms with Crippen LogP contribution in [0.5, 0.6) is 0 Å². The van der Waals surface area contributed by atoms with E-state index in [1.165, 1.54) is 12.0 Å². The Kier molecular flexibility index (Phi) is 1.94. The highest BCUT2D eigenvalue weighted by atomic mass is 16.1. The molecule has 0 radical (unpaired) electrons. The van der Waals surface area contributed by atoms with Gasteiger partial charge in [-0.25, -0.2) is 0 Å². The Bertz CT molecular complexity index is 266. The van der Waals surface area contributed by atoms with Crippen molar-refractivity contribution >= 4 is 6.29 Å². The maximum Gasteiger partial charge on any atom is 0.120 e. The molecule has 0 aromatic heterocycles. The summed E-state index contributed by atoms with van der Waals surface area (Å²) >= 11 is 0. The average molecular weight is 160 g/mol. The van der Waals surface area contributed by atoms with E-state index in [4.69, 9.17) is 0 Å². The quantitative estimate of drug-likeness (QED) is 0.620. The lowest BCUT2D eigenvalue weighted by atomic mass is 10.1.